The van der Waals surface area contributed by atoms with Crippen LogP contribution in [0.25, 0.3) is 10.6 Å². The largest absolute Gasteiger partial charge is 0.472 e. The quantitative estimate of drug-likeness (QED) is 0.745. The van der Waals surface area contributed by atoms with Crippen LogP contribution in [0.1, 0.15) is 43.0 Å². The summed E-state index contributed by atoms with van der Waals surface area (Å²) in [6.45, 7) is 3.55. The van der Waals surface area contributed by atoms with Crippen LogP contribution in [0.15, 0.2) is 28.4 Å². The van der Waals surface area contributed by atoms with Gasteiger partial charge in [-0.1, -0.05) is 6.92 Å². The molecule has 26 heavy (non-hydrogen) atoms. The van der Waals surface area contributed by atoms with Gasteiger partial charge in [0.2, 0.25) is 5.91 Å². The monoisotopic (exact) mass is 371 g/mol. The Labute approximate surface area is 155 Å². The zero-order chi connectivity index (χ0) is 17.9. The Morgan fingerprint density at radius 3 is 2.92 bits per heavy atom. The highest BCUT2D eigenvalue weighted by Crippen LogP contribution is 2.27. The molecule has 0 saturated carbocycles. The maximum absolute atomic E-state index is 12.6. The van der Waals surface area contributed by atoms with E-state index in [1.807, 2.05) is 16.3 Å². The summed E-state index contributed by atoms with van der Waals surface area (Å²) in [4.78, 5) is 23.6. The van der Waals surface area contributed by atoms with Crippen molar-refractivity contribution < 1.29 is 9.21 Å². The lowest BCUT2D eigenvalue weighted by atomic mass is 9.96. The number of carbonyl (C=O) groups is 1. The number of aryl methyl sites for hydroxylation is 1. The van der Waals surface area contributed by atoms with Gasteiger partial charge in [-0.2, -0.15) is 5.10 Å². The van der Waals surface area contributed by atoms with Crippen molar-refractivity contribution in [2.24, 2.45) is 0 Å². The highest BCUT2D eigenvalue weighted by atomic mass is 32.1. The van der Waals surface area contributed by atoms with E-state index >= 15 is 0 Å². The molecule has 0 bridgehead atoms. The molecule has 8 heteroatoms. The predicted molar refractivity (Wildman–Crippen MR) is 97.8 cm³/mol. The summed E-state index contributed by atoms with van der Waals surface area (Å²) >= 11 is 1.54. The van der Waals surface area contributed by atoms with Crippen molar-refractivity contribution in [3.05, 3.63) is 41.3 Å². The Bertz CT molecular complexity index is 862. The lowest BCUT2D eigenvalue weighted by Gasteiger charge is -2.30. The Morgan fingerprint density at radius 2 is 2.23 bits per heavy atom. The van der Waals surface area contributed by atoms with E-state index in [-0.39, 0.29) is 5.91 Å². The van der Waals surface area contributed by atoms with E-state index in [9.17, 15) is 4.79 Å². The minimum Gasteiger partial charge on any atom is -0.472 e. The first-order chi connectivity index (χ1) is 12.7. The van der Waals surface area contributed by atoms with Crippen molar-refractivity contribution in [2.75, 3.05) is 13.1 Å². The van der Waals surface area contributed by atoms with Gasteiger partial charge in [0.05, 0.1) is 18.4 Å². The van der Waals surface area contributed by atoms with Gasteiger partial charge >= 0.3 is 0 Å². The van der Waals surface area contributed by atoms with Gasteiger partial charge in [0.1, 0.15) is 17.1 Å². The van der Waals surface area contributed by atoms with Crippen LogP contribution in [0, 0.1) is 0 Å². The second-order valence-corrected chi connectivity index (χ2v) is 7.34. The second kappa shape index (κ2) is 7.41. The van der Waals surface area contributed by atoms with Crippen LogP contribution < -0.4 is 0 Å². The maximum atomic E-state index is 12.6. The molecule has 0 unspecified atom stereocenters. The number of amides is 1. The molecule has 0 spiro atoms. The van der Waals surface area contributed by atoms with Crippen LogP contribution in [0.5, 0.6) is 0 Å². The van der Waals surface area contributed by atoms with Crippen molar-refractivity contribution in [1.82, 2.24) is 25.1 Å². The molecule has 1 N–H and O–H groups in total. The molecule has 136 valence electrons. The first-order valence-electron chi connectivity index (χ1n) is 8.89. The molecular weight excluding hydrogens is 350 g/mol. The first kappa shape index (κ1) is 17.0. The fraction of sp³-hybridized carbons (Fsp3) is 0.444. The third-order valence-corrected chi connectivity index (χ3v) is 5.69. The first-order valence-corrected chi connectivity index (χ1v) is 9.77. The average molecular weight is 371 g/mol. The lowest BCUT2D eigenvalue weighted by molar-refractivity contribution is -0.131. The summed E-state index contributed by atoms with van der Waals surface area (Å²) in [5, 5.41) is 10.1. The van der Waals surface area contributed by atoms with Gasteiger partial charge in [0.25, 0.3) is 0 Å². The van der Waals surface area contributed by atoms with E-state index < -0.39 is 0 Å². The summed E-state index contributed by atoms with van der Waals surface area (Å²) in [6.07, 6.45) is 6.32. The Morgan fingerprint density at radius 1 is 1.38 bits per heavy atom. The number of aromatic nitrogens is 4. The van der Waals surface area contributed by atoms with Crippen LogP contribution in [0.2, 0.25) is 0 Å². The highest BCUT2D eigenvalue weighted by Gasteiger charge is 2.26. The minimum absolute atomic E-state index is 0.136. The topological polar surface area (TPSA) is 87.9 Å². The number of hydrogen-bond acceptors (Lipinski definition) is 6. The van der Waals surface area contributed by atoms with Crippen molar-refractivity contribution in [1.29, 1.82) is 0 Å². The molecule has 0 aliphatic carbocycles. The van der Waals surface area contributed by atoms with Gasteiger partial charge in [0, 0.05) is 36.4 Å². The average Bonchev–Trinajstić information content (AvgIpc) is 3.42. The normalized spacial score (nSPS) is 15.5. The zero-order valence-electron chi connectivity index (χ0n) is 14.6. The fourth-order valence-electron chi connectivity index (χ4n) is 3.21. The summed E-state index contributed by atoms with van der Waals surface area (Å²) < 4.78 is 5.09. The molecule has 1 fully saturated rings. The molecule has 0 radical (unpaired) electrons. The number of furan rings is 1. The van der Waals surface area contributed by atoms with E-state index in [4.69, 9.17) is 4.42 Å². The molecule has 7 nitrogen and oxygen atoms in total. The number of nitrogens with one attached hydrogen (secondary N) is 1. The van der Waals surface area contributed by atoms with E-state index in [1.54, 1.807) is 12.5 Å². The van der Waals surface area contributed by atoms with E-state index in [1.165, 1.54) is 11.3 Å². The van der Waals surface area contributed by atoms with Gasteiger partial charge in [-0.05, 0) is 18.9 Å². The zero-order valence-corrected chi connectivity index (χ0v) is 15.5. The summed E-state index contributed by atoms with van der Waals surface area (Å²) in [6, 6.07) is 1.88. The van der Waals surface area contributed by atoms with Gasteiger partial charge < -0.3 is 9.32 Å². The molecule has 1 saturated heterocycles. The molecule has 1 aliphatic rings. The van der Waals surface area contributed by atoms with Crippen LogP contribution >= 0.6 is 11.3 Å². The predicted octanol–water partition coefficient (Wildman–Crippen LogP) is 3.03. The number of H-pyrrole nitrogens is 1. The number of nitrogens with zero attached hydrogens (tertiary/aromatic N) is 4. The maximum Gasteiger partial charge on any atom is 0.228 e. The number of hydrogen-bond donors (Lipinski definition) is 1. The minimum atomic E-state index is 0.136. The van der Waals surface area contributed by atoms with Gasteiger partial charge in [-0.15, -0.1) is 11.3 Å². The molecule has 4 rings (SSSR count). The van der Waals surface area contributed by atoms with E-state index in [0.717, 1.165) is 60.3 Å². The second-order valence-electron chi connectivity index (χ2n) is 6.48. The summed E-state index contributed by atoms with van der Waals surface area (Å²) in [7, 11) is 0. The summed E-state index contributed by atoms with van der Waals surface area (Å²) in [5.74, 6) is 2.29. The van der Waals surface area contributed by atoms with Crippen molar-refractivity contribution >= 4 is 17.2 Å². The molecule has 1 amide bonds. The Hall–Kier alpha value is -2.48. The summed E-state index contributed by atoms with van der Waals surface area (Å²) in [5.41, 5.74) is 1.77. The van der Waals surface area contributed by atoms with Crippen molar-refractivity contribution in [2.45, 2.75) is 38.5 Å². The van der Waals surface area contributed by atoms with Crippen LogP contribution in [-0.4, -0.2) is 44.1 Å². The van der Waals surface area contributed by atoms with Crippen molar-refractivity contribution in [3.63, 3.8) is 0 Å². The molecule has 0 atom stereocenters. The highest BCUT2D eigenvalue weighted by molar-refractivity contribution is 7.13. The Balaban J connectivity index is 1.32. The van der Waals surface area contributed by atoms with Crippen LogP contribution in [0.3, 0.4) is 0 Å². The Kier molecular flexibility index (Phi) is 4.83. The smallest absolute Gasteiger partial charge is 0.228 e. The van der Waals surface area contributed by atoms with Crippen LogP contribution in [-0.2, 0) is 17.6 Å². The fourth-order valence-corrected chi connectivity index (χ4v) is 4.02. The SMILES string of the molecule is CCc1nc(C2CCN(C(=O)Cc3csc(-c4ccoc4)n3)CC2)n[nH]1. The lowest BCUT2D eigenvalue weighted by Crippen LogP contribution is -2.39. The molecule has 0 aromatic carbocycles. The van der Waals surface area contributed by atoms with Gasteiger partial charge in [0.15, 0.2) is 5.82 Å². The van der Waals surface area contributed by atoms with Gasteiger partial charge in [-0.3, -0.25) is 9.89 Å². The number of thiazole rings is 1. The molecular formula is C18H21N5O2S. The molecule has 3 aromatic rings. The van der Waals surface area contributed by atoms with Crippen molar-refractivity contribution in [3.8, 4) is 10.6 Å². The number of rotatable bonds is 5. The standard InChI is InChI=1S/C18H21N5O2S/c1-2-15-20-17(22-21-15)12-3-6-23(7-4-12)16(24)9-14-11-26-18(19-14)13-5-8-25-10-13/h5,8,10-12H,2-4,6-7,9H2,1H3,(H,20,21,22). The number of carbonyl (C=O) groups excluding carboxylic acids is 1. The van der Waals surface area contributed by atoms with Gasteiger partial charge in [-0.25, -0.2) is 9.97 Å². The molecule has 4 heterocycles. The van der Waals surface area contributed by atoms with Crippen LogP contribution in [0.4, 0.5) is 0 Å². The third kappa shape index (κ3) is 3.55. The van der Waals surface area contributed by atoms with E-state index in [0.29, 0.717) is 12.3 Å². The number of piperidine rings is 1. The third-order valence-electron chi connectivity index (χ3n) is 4.75. The molecule has 1 aliphatic heterocycles. The van der Waals surface area contributed by atoms with E-state index in [2.05, 4.69) is 27.1 Å². The number of aromatic amines is 1. The number of likely N-dealkylation sites (tertiary alicyclic amines) is 1. The molecule has 3 aromatic heterocycles.